The van der Waals surface area contributed by atoms with E-state index in [1.54, 1.807) is 18.2 Å². The summed E-state index contributed by atoms with van der Waals surface area (Å²) >= 11 is 6.12. The van der Waals surface area contributed by atoms with Crippen LogP contribution in [0.1, 0.15) is 25.0 Å². The van der Waals surface area contributed by atoms with E-state index in [2.05, 4.69) is 24.1 Å². The van der Waals surface area contributed by atoms with Crippen molar-refractivity contribution in [2.45, 2.75) is 27.3 Å². The lowest BCUT2D eigenvalue weighted by molar-refractivity contribution is -0.119. The van der Waals surface area contributed by atoms with Crippen LogP contribution in [0.4, 0.5) is 11.4 Å². The zero-order valence-corrected chi connectivity index (χ0v) is 18.8. The van der Waals surface area contributed by atoms with Crippen LogP contribution in [0, 0.1) is 6.92 Å². The Morgan fingerprint density at radius 3 is 2.14 bits per heavy atom. The Labute approximate surface area is 178 Å². The molecule has 0 aliphatic rings. The number of aryl methyl sites for hydroxylation is 1. The van der Waals surface area contributed by atoms with Crippen molar-refractivity contribution in [1.82, 2.24) is 5.32 Å². The van der Waals surface area contributed by atoms with Crippen LogP contribution >= 0.6 is 11.6 Å². The predicted molar refractivity (Wildman–Crippen MR) is 120 cm³/mol. The van der Waals surface area contributed by atoms with E-state index in [9.17, 15) is 13.2 Å². The van der Waals surface area contributed by atoms with Gasteiger partial charge in [-0.1, -0.05) is 29.8 Å². The van der Waals surface area contributed by atoms with Crippen molar-refractivity contribution >= 4 is 38.9 Å². The second-order valence-electron chi connectivity index (χ2n) is 6.82. The van der Waals surface area contributed by atoms with Crippen LogP contribution in [0.3, 0.4) is 0 Å². The number of carbonyl (C=O) groups is 1. The third kappa shape index (κ3) is 6.37. The predicted octanol–water partition coefficient (Wildman–Crippen LogP) is 3.58. The van der Waals surface area contributed by atoms with E-state index in [1.807, 2.05) is 31.2 Å². The Balaban J connectivity index is 2.04. The average molecular weight is 438 g/mol. The third-order valence-corrected chi connectivity index (χ3v) is 6.23. The van der Waals surface area contributed by atoms with Crippen LogP contribution in [-0.2, 0) is 21.4 Å². The van der Waals surface area contributed by atoms with Gasteiger partial charge in [-0.2, -0.15) is 0 Å². The van der Waals surface area contributed by atoms with Crippen molar-refractivity contribution in [3.8, 4) is 0 Å². The largest absolute Gasteiger partial charge is 0.372 e. The summed E-state index contributed by atoms with van der Waals surface area (Å²) in [6.45, 7) is 7.90. The first-order valence-corrected chi connectivity index (χ1v) is 11.7. The Hall–Kier alpha value is -2.25. The average Bonchev–Trinajstić information content (AvgIpc) is 2.68. The van der Waals surface area contributed by atoms with Gasteiger partial charge in [-0.25, -0.2) is 8.42 Å². The molecule has 2 rings (SSSR count). The molecule has 0 radical (unpaired) electrons. The van der Waals surface area contributed by atoms with Crippen LogP contribution in [0.2, 0.25) is 5.02 Å². The maximum Gasteiger partial charge on any atom is 0.241 e. The normalized spacial score (nSPS) is 11.2. The first-order valence-electron chi connectivity index (χ1n) is 9.50. The van der Waals surface area contributed by atoms with Gasteiger partial charge in [-0.05, 0) is 56.2 Å². The van der Waals surface area contributed by atoms with Gasteiger partial charge in [-0.3, -0.25) is 9.10 Å². The van der Waals surface area contributed by atoms with Crippen LogP contribution in [0.25, 0.3) is 0 Å². The molecule has 0 spiro atoms. The Bertz CT molecular complexity index is 942. The zero-order valence-electron chi connectivity index (χ0n) is 17.3. The van der Waals surface area contributed by atoms with Crippen molar-refractivity contribution in [3.63, 3.8) is 0 Å². The number of hydrogen-bond donors (Lipinski definition) is 1. The molecule has 0 aliphatic carbocycles. The number of carbonyl (C=O) groups excluding carboxylic acids is 1. The highest BCUT2D eigenvalue weighted by Gasteiger charge is 2.21. The van der Waals surface area contributed by atoms with Gasteiger partial charge in [0.2, 0.25) is 15.9 Å². The number of halogens is 1. The van der Waals surface area contributed by atoms with E-state index in [1.165, 1.54) is 0 Å². The molecule has 29 heavy (non-hydrogen) atoms. The smallest absolute Gasteiger partial charge is 0.241 e. The standard InChI is InChI=1S/C21H28ClN3O3S/c1-5-24(6-2)18-11-8-17(9-12-18)14-23-21(26)15-25(29(4,27)28)19-10-7-16(3)20(22)13-19/h7-13H,5-6,14-15H2,1-4H3,(H,23,26). The van der Waals surface area contributed by atoms with Gasteiger partial charge in [0.05, 0.1) is 11.9 Å². The first-order chi connectivity index (χ1) is 13.7. The summed E-state index contributed by atoms with van der Waals surface area (Å²) in [5, 5.41) is 3.23. The molecule has 0 aliphatic heterocycles. The van der Waals surface area contributed by atoms with Gasteiger partial charge in [-0.15, -0.1) is 0 Å². The van der Waals surface area contributed by atoms with E-state index < -0.39 is 10.0 Å². The first kappa shape index (κ1) is 23.0. The summed E-state index contributed by atoms with van der Waals surface area (Å²) < 4.78 is 25.4. The lowest BCUT2D eigenvalue weighted by Crippen LogP contribution is -2.40. The Morgan fingerprint density at radius 2 is 1.62 bits per heavy atom. The molecule has 2 aromatic carbocycles. The maximum absolute atomic E-state index is 12.4. The number of sulfonamides is 1. The van der Waals surface area contributed by atoms with Gasteiger partial charge in [0.1, 0.15) is 6.54 Å². The summed E-state index contributed by atoms with van der Waals surface area (Å²) in [5.74, 6) is -0.389. The Kier molecular flexibility index (Phi) is 7.93. The fourth-order valence-corrected chi connectivity index (χ4v) is 3.96. The number of nitrogens with zero attached hydrogens (tertiary/aromatic N) is 2. The summed E-state index contributed by atoms with van der Waals surface area (Å²) in [7, 11) is -3.64. The molecule has 0 saturated carbocycles. The van der Waals surface area contributed by atoms with Crippen molar-refractivity contribution < 1.29 is 13.2 Å². The molecule has 1 N–H and O–H groups in total. The van der Waals surface area contributed by atoms with Crippen molar-refractivity contribution in [2.24, 2.45) is 0 Å². The zero-order chi connectivity index (χ0) is 21.6. The fourth-order valence-electron chi connectivity index (χ4n) is 2.94. The number of amides is 1. The third-order valence-electron chi connectivity index (χ3n) is 4.69. The van der Waals surface area contributed by atoms with Gasteiger partial charge in [0.25, 0.3) is 0 Å². The topological polar surface area (TPSA) is 69.7 Å². The SMILES string of the molecule is CCN(CC)c1ccc(CNC(=O)CN(c2ccc(C)c(Cl)c2)S(C)(=O)=O)cc1. The number of nitrogens with one attached hydrogen (secondary N) is 1. The van der Waals surface area contributed by atoms with E-state index in [0.717, 1.165) is 40.5 Å². The highest BCUT2D eigenvalue weighted by Crippen LogP contribution is 2.24. The molecule has 0 atom stereocenters. The van der Waals surface area contributed by atoms with Crippen LogP contribution in [0.15, 0.2) is 42.5 Å². The second kappa shape index (κ2) is 9.98. The molecule has 0 bridgehead atoms. The minimum Gasteiger partial charge on any atom is -0.372 e. The fraction of sp³-hybridized carbons (Fsp3) is 0.381. The molecule has 0 fully saturated rings. The van der Waals surface area contributed by atoms with Gasteiger partial charge < -0.3 is 10.2 Å². The lowest BCUT2D eigenvalue weighted by atomic mass is 10.2. The summed E-state index contributed by atoms with van der Waals surface area (Å²) in [5.41, 5.74) is 3.27. The van der Waals surface area contributed by atoms with E-state index >= 15 is 0 Å². The van der Waals surface area contributed by atoms with Crippen molar-refractivity contribution in [1.29, 1.82) is 0 Å². The molecule has 0 heterocycles. The maximum atomic E-state index is 12.4. The Morgan fingerprint density at radius 1 is 1.03 bits per heavy atom. The van der Waals surface area contributed by atoms with E-state index in [-0.39, 0.29) is 12.5 Å². The highest BCUT2D eigenvalue weighted by atomic mass is 35.5. The molecule has 158 valence electrons. The minimum absolute atomic E-state index is 0.310. The van der Waals surface area contributed by atoms with E-state index in [4.69, 9.17) is 11.6 Å². The van der Waals surface area contributed by atoms with Crippen molar-refractivity contribution in [3.05, 3.63) is 58.6 Å². The van der Waals surface area contributed by atoms with Gasteiger partial charge in [0, 0.05) is 30.3 Å². The van der Waals surface area contributed by atoms with Crippen LogP contribution in [-0.4, -0.2) is 40.2 Å². The molecule has 0 saturated heterocycles. The van der Waals surface area contributed by atoms with Gasteiger partial charge in [0.15, 0.2) is 0 Å². The van der Waals surface area contributed by atoms with Crippen LogP contribution in [0.5, 0.6) is 0 Å². The monoisotopic (exact) mass is 437 g/mol. The highest BCUT2D eigenvalue weighted by molar-refractivity contribution is 7.92. The number of anilines is 2. The lowest BCUT2D eigenvalue weighted by Gasteiger charge is -2.22. The molecule has 8 heteroatoms. The number of hydrogen-bond acceptors (Lipinski definition) is 4. The summed E-state index contributed by atoms with van der Waals surface area (Å²) in [6, 6.07) is 12.9. The summed E-state index contributed by atoms with van der Waals surface area (Å²) in [4.78, 5) is 14.6. The molecular weight excluding hydrogens is 410 g/mol. The quantitative estimate of drug-likeness (QED) is 0.651. The molecule has 2 aromatic rings. The second-order valence-corrected chi connectivity index (χ2v) is 9.13. The van der Waals surface area contributed by atoms with Crippen molar-refractivity contribution in [2.75, 3.05) is 35.1 Å². The van der Waals surface area contributed by atoms with Gasteiger partial charge >= 0.3 is 0 Å². The molecule has 1 amide bonds. The minimum atomic E-state index is -3.64. The van der Waals surface area contributed by atoms with Crippen LogP contribution < -0.4 is 14.5 Å². The number of rotatable bonds is 9. The number of benzene rings is 2. The molecule has 6 nitrogen and oxygen atoms in total. The summed E-state index contributed by atoms with van der Waals surface area (Å²) in [6.07, 6.45) is 1.07. The molecule has 0 aromatic heterocycles. The molecular formula is C21H28ClN3O3S. The van der Waals surface area contributed by atoms with E-state index in [0.29, 0.717) is 17.3 Å². The molecule has 0 unspecified atom stereocenters.